The summed E-state index contributed by atoms with van der Waals surface area (Å²) in [5, 5.41) is 15.8. The van der Waals surface area contributed by atoms with Crippen LogP contribution < -0.4 is 19.8 Å². The van der Waals surface area contributed by atoms with Crippen molar-refractivity contribution in [1.29, 1.82) is 0 Å². The second-order valence-electron chi connectivity index (χ2n) is 9.06. The zero-order chi connectivity index (χ0) is 30.3. The third-order valence-corrected chi connectivity index (χ3v) is 6.32. The summed E-state index contributed by atoms with van der Waals surface area (Å²) in [7, 11) is 2.99. The fourth-order valence-electron chi connectivity index (χ4n) is 4.18. The molecule has 0 bridgehead atoms. The number of hydrogen-bond acceptors (Lipinski definition) is 9. The lowest BCUT2D eigenvalue weighted by Gasteiger charge is -2.11. The first-order chi connectivity index (χ1) is 20.9. The molecule has 11 nitrogen and oxygen atoms in total. The number of hydrogen-bond donors (Lipinski definition) is 0. The van der Waals surface area contributed by atoms with Crippen LogP contribution in [0.4, 0.5) is 5.69 Å². The molecule has 1 aromatic heterocycles. The Labute approximate surface area is 245 Å². The lowest BCUT2D eigenvalue weighted by atomic mass is 10.2. The van der Waals surface area contributed by atoms with Crippen LogP contribution in [0.2, 0.25) is 0 Å². The summed E-state index contributed by atoms with van der Waals surface area (Å²) in [4.78, 5) is 41.0. The number of fused-ring (bicyclic) bond motifs is 1. The van der Waals surface area contributed by atoms with Gasteiger partial charge in [-0.2, -0.15) is 9.78 Å². The lowest BCUT2D eigenvalue weighted by Crippen LogP contribution is -2.20. The molecule has 4 aromatic carbocycles. The summed E-state index contributed by atoms with van der Waals surface area (Å²) in [6.45, 7) is 0. The first kappa shape index (κ1) is 28.4. The number of esters is 1. The van der Waals surface area contributed by atoms with Crippen LogP contribution >= 0.6 is 0 Å². The summed E-state index contributed by atoms with van der Waals surface area (Å²) < 4.78 is 17.3. The molecule has 0 aliphatic rings. The van der Waals surface area contributed by atoms with Crippen molar-refractivity contribution in [2.45, 2.75) is 0 Å². The van der Waals surface area contributed by atoms with Crippen molar-refractivity contribution in [2.24, 2.45) is 5.10 Å². The van der Waals surface area contributed by atoms with Crippen LogP contribution in [-0.4, -0.2) is 41.0 Å². The number of benzene rings is 4. The van der Waals surface area contributed by atoms with Gasteiger partial charge in [0, 0.05) is 23.8 Å². The second-order valence-corrected chi connectivity index (χ2v) is 9.06. The fraction of sp³-hybridized carbons (Fsp3) is 0.0625. The Balaban J connectivity index is 1.42. The molecular formula is C32H24N4O7. The number of ether oxygens (including phenoxy) is 3. The smallest absolute Gasteiger partial charge is 0.336 e. The van der Waals surface area contributed by atoms with Gasteiger partial charge in [0.1, 0.15) is 5.75 Å². The molecule has 5 aromatic rings. The fourth-order valence-corrected chi connectivity index (χ4v) is 4.18. The standard InChI is InChI=1S/C32H24N4O7/c1-41-25-14-12-23(13-15-25)31-34-27-9-4-3-8-26(27)32(38)35(31)33-20-22-10-16-28(29(19-22)42-2)43-30(37)17-11-21-6-5-7-24(18-21)36(39)40/h3-20H,1-2H3/b17-11+,33-20?. The summed E-state index contributed by atoms with van der Waals surface area (Å²) >= 11 is 0. The number of rotatable bonds is 9. The van der Waals surface area contributed by atoms with Gasteiger partial charge in [0.2, 0.25) is 0 Å². The Kier molecular flexibility index (Phi) is 8.33. The molecule has 0 amide bonds. The average Bonchev–Trinajstić information content (AvgIpc) is 3.04. The topological polar surface area (TPSA) is 135 Å². The monoisotopic (exact) mass is 576 g/mol. The molecule has 0 N–H and O–H groups in total. The van der Waals surface area contributed by atoms with Crippen LogP contribution in [0.5, 0.6) is 17.2 Å². The molecule has 214 valence electrons. The van der Waals surface area contributed by atoms with Gasteiger partial charge in [0.05, 0.1) is 36.3 Å². The van der Waals surface area contributed by atoms with E-state index in [0.717, 1.165) is 6.08 Å². The summed E-state index contributed by atoms with van der Waals surface area (Å²) in [5.74, 6) is 0.700. The number of para-hydroxylation sites is 1. The van der Waals surface area contributed by atoms with E-state index >= 15 is 0 Å². The van der Waals surface area contributed by atoms with Gasteiger partial charge in [-0.05, 0) is 71.8 Å². The highest BCUT2D eigenvalue weighted by Gasteiger charge is 2.14. The van der Waals surface area contributed by atoms with Crippen LogP contribution in [0.1, 0.15) is 11.1 Å². The minimum atomic E-state index is -0.704. The zero-order valence-electron chi connectivity index (χ0n) is 23.0. The molecule has 43 heavy (non-hydrogen) atoms. The van der Waals surface area contributed by atoms with Crippen molar-refractivity contribution in [3.05, 3.63) is 129 Å². The number of nitrogens with zero attached hydrogens (tertiary/aromatic N) is 4. The molecular weight excluding hydrogens is 552 g/mol. The van der Waals surface area contributed by atoms with Crippen LogP contribution in [0.3, 0.4) is 0 Å². The first-order valence-electron chi connectivity index (χ1n) is 12.9. The van der Waals surface area contributed by atoms with E-state index in [1.54, 1.807) is 67.8 Å². The minimum absolute atomic E-state index is 0.0905. The third kappa shape index (κ3) is 6.46. The molecule has 0 atom stereocenters. The molecule has 0 radical (unpaired) electrons. The van der Waals surface area contributed by atoms with Crippen LogP contribution in [-0.2, 0) is 4.79 Å². The average molecular weight is 577 g/mol. The van der Waals surface area contributed by atoms with Gasteiger partial charge in [-0.3, -0.25) is 14.9 Å². The van der Waals surface area contributed by atoms with E-state index in [1.165, 1.54) is 48.3 Å². The maximum absolute atomic E-state index is 13.4. The van der Waals surface area contributed by atoms with Crippen molar-refractivity contribution in [3.63, 3.8) is 0 Å². The highest BCUT2D eigenvalue weighted by Crippen LogP contribution is 2.28. The van der Waals surface area contributed by atoms with Crippen LogP contribution in [0, 0.1) is 10.1 Å². The Morgan fingerprint density at radius 1 is 0.907 bits per heavy atom. The molecule has 0 spiro atoms. The van der Waals surface area contributed by atoms with E-state index in [2.05, 4.69) is 5.10 Å². The molecule has 0 aliphatic carbocycles. The highest BCUT2D eigenvalue weighted by molar-refractivity contribution is 5.89. The van der Waals surface area contributed by atoms with Gasteiger partial charge in [0.15, 0.2) is 17.3 Å². The maximum atomic E-state index is 13.4. The summed E-state index contributed by atoms with van der Waals surface area (Å²) in [6.07, 6.45) is 4.05. The van der Waals surface area contributed by atoms with Crippen molar-refractivity contribution < 1.29 is 23.9 Å². The zero-order valence-corrected chi connectivity index (χ0v) is 23.0. The Morgan fingerprint density at radius 2 is 1.70 bits per heavy atom. The summed E-state index contributed by atoms with van der Waals surface area (Å²) in [6, 6.07) is 24.8. The Hall–Kier alpha value is -6.10. The van der Waals surface area contributed by atoms with Crippen molar-refractivity contribution in [1.82, 2.24) is 9.66 Å². The second kappa shape index (κ2) is 12.6. The van der Waals surface area contributed by atoms with E-state index in [0.29, 0.717) is 39.2 Å². The largest absolute Gasteiger partial charge is 0.497 e. The van der Waals surface area contributed by atoms with Gasteiger partial charge in [0.25, 0.3) is 11.2 Å². The molecule has 1 heterocycles. The van der Waals surface area contributed by atoms with Gasteiger partial charge >= 0.3 is 5.97 Å². The SMILES string of the molecule is COc1ccc(-c2nc3ccccc3c(=O)n2N=Cc2ccc(OC(=O)/C=C/c3cccc([N+](=O)[O-])c3)c(OC)c2)cc1. The molecule has 0 saturated carbocycles. The molecule has 0 aliphatic heterocycles. The predicted octanol–water partition coefficient (Wildman–Crippen LogP) is 5.49. The predicted molar refractivity (Wildman–Crippen MR) is 162 cm³/mol. The van der Waals surface area contributed by atoms with Gasteiger partial charge in [-0.25, -0.2) is 9.78 Å². The van der Waals surface area contributed by atoms with E-state index in [1.807, 2.05) is 6.07 Å². The molecule has 0 unspecified atom stereocenters. The van der Waals surface area contributed by atoms with Crippen LogP contribution in [0.25, 0.3) is 28.4 Å². The molecule has 0 saturated heterocycles. The molecule has 11 heteroatoms. The summed E-state index contributed by atoms with van der Waals surface area (Å²) in [5.41, 5.74) is 1.80. The number of nitro benzene ring substituents is 1. The number of non-ortho nitro benzene ring substituents is 1. The molecule has 5 rings (SSSR count). The van der Waals surface area contributed by atoms with Gasteiger partial charge < -0.3 is 14.2 Å². The quantitative estimate of drug-likeness (QED) is 0.0561. The third-order valence-electron chi connectivity index (χ3n) is 6.32. The van der Waals surface area contributed by atoms with Crippen molar-refractivity contribution in [3.8, 4) is 28.6 Å². The number of carbonyl (C=O) groups excluding carboxylic acids is 1. The minimum Gasteiger partial charge on any atom is -0.497 e. The first-order valence-corrected chi connectivity index (χ1v) is 12.9. The normalized spacial score (nSPS) is 11.2. The van der Waals surface area contributed by atoms with Gasteiger partial charge in [-0.1, -0.05) is 24.3 Å². The van der Waals surface area contributed by atoms with E-state index < -0.39 is 10.9 Å². The Morgan fingerprint density at radius 3 is 2.44 bits per heavy atom. The maximum Gasteiger partial charge on any atom is 0.336 e. The van der Waals surface area contributed by atoms with E-state index in [9.17, 15) is 19.7 Å². The highest BCUT2D eigenvalue weighted by atomic mass is 16.6. The lowest BCUT2D eigenvalue weighted by molar-refractivity contribution is -0.384. The van der Waals surface area contributed by atoms with Crippen LogP contribution in [0.15, 0.2) is 107 Å². The van der Waals surface area contributed by atoms with E-state index in [-0.39, 0.29) is 22.7 Å². The molecule has 0 fully saturated rings. The number of aromatic nitrogens is 2. The number of nitro groups is 1. The van der Waals surface area contributed by atoms with Gasteiger partial charge in [-0.15, -0.1) is 0 Å². The van der Waals surface area contributed by atoms with Crippen molar-refractivity contribution >= 4 is 34.9 Å². The number of carbonyl (C=O) groups is 1. The van der Waals surface area contributed by atoms with E-state index in [4.69, 9.17) is 19.2 Å². The Bertz CT molecular complexity index is 1950. The number of methoxy groups -OCH3 is 2. The van der Waals surface area contributed by atoms with Crippen molar-refractivity contribution in [2.75, 3.05) is 14.2 Å².